The molecule has 1 aromatic rings. The summed E-state index contributed by atoms with van der Waals surface area (Å²) in [5.41, 5.74) is 7.14. The van der Waals surface area contributed by atoms with Gasteiger partial charge in [0.15, 0.2) is 17.5 Å². The zero-order chi connectivity index (χ0) is 14.1. The van der Waals surface area contributed by atoms with Crippen molar-refractivity contribution in [2.24, 2.45) is 16.6 Å². The number of methoxy groups -OCH3 is 2. The van der Waals surface area contributed by atoms with Crippen LogP contribution in [-0.2, 0) is 0 Å². The Morgan fingerprint density at radius 3 is 2.75 bits per heavy atom. The highest BCUT2D eigenvalue weighted by atomic mass is 16.5. The number of rotatable bonds is 5. The van der Waals surface area contributed by atoms with Gasteiger partial charge in [-0.3, -0.25) is 4.99 Å². The molecule has 0 aromatic heterocycles. The topological polar surface area (TPSA) is 60.1 Å². The average Bonchev–Trinajstić information content (AvgIpc) is 3.22. The summed E-state index contributed by atoms with van der Waals surface area (Å²) in [6.45, 7) is 1.67. The third kappa shape index (κ3) is 2.28. The molecule has 108 valence electrons. The van der Waals surface area contributed by atoms with Gasteiger partial charge < -0.3 is 20.1 Å². The Kier molecular flexibility index (Phi) is 3.42. The lowest BCUT2D eigenvalue weighted by Gasteiger charge is -2.28. The van der Waals surface area contributed by atoms with Crippen LogP contribution in [-0.4, -0.2) is 38.2 Å². The summed E-state index contributed by atoms with van der Waals surface area (Å²) in [5.74, 6) is 2.94. The van der Waals surface area contributed by atoms with E-state index in [0.29, 0.717) is 12.5 Å². The standard InChI is InChI=1S/C15H21N3O2/c1-19-13-5-3-4-11(14(13)20-2)12-8-17-15(16)18(12)9-10-6-7-10/h3-5,10,12H,6-9H2,1-2H3,(H2,16,17). The number of nitrogens with two attached hydrogens (primary N) is 1. The third-order valence-electron chi connectivity index (χ3n) is 4.04. The van der Waals surface area contributed by atoms with E-state index in [1.807, 2.05) is 12.1 Å². The van der Waals surface area contributed by atoms with E-state index in [2.05, 4.69) is 16.0 Å². The number of aliphatic imine (C=N–C) groups is 1. The Bertz CT molecular complexity index is 526. The molecule has 5 heteroatoms. The first-order valence-corrected chi connectivity index (χ1v) is 7.02. The summed E-state index contributed by atoms with van der Waals surface area (Å²) < 4.78 is 10.9. The molecular formula is C15H21N3O2. The second-order valence-corrected chi connectivity index (χ2v) is 5.39. The zero-order valence-electron chi connectivity index (χ0n) is 12.0. The van der Waals surface area contributed by atoms with Crippen molar-refractivity contribution in [2.75, 3.05) is 27.3 Å². The largest absolute Gasteiger partial charge is 0.493 e. The van der Waals surface area contributed by atoms with Crippen LogP contribution in [0.15, 0.2) is 23.2 Å². The van der Waals surface area contributed by atoms with Crippen molar-refractivity contribution in [3.05, 3.63) is 23.8 Å². The van der Waals surface area contributed by atoms with Crippen molar-refractivity contribution in [2.45, 2.75) is 18.9 Å². The second-order valence-electron chi connectivity index (χ2n) is 5.39. The minimum absolute atomic E-state index is 0.153. The van der Waals surface area contributed by atoms with Crippen molar-refractivity contribution in [3.8, 4) is 11.5 Å². The van der Waals surface area contributed by atoms with E-state index >= 15 is 0 Å². The molecule has 2 aliphatic rings. The summed E-state index contributed by atoms with van der Waals surface area (Å²) in [4.78, 5) is 6.61. The van der Waals surface area contributed by atoms with Gasteiger partial charge in [0.25, 0.3) is 0 Å². The van der Waals surface area contributed by atoms with Crippen molar-refractivity contribution in [1.82, 2.24) is 4.90 Å². The molecule has 1 saturated carbocycles. The van der Waals surface area contributed by atoms with Gasteiger partial charge in [0, 0.05) is 12.1 Å². The molecule has 0 radical (unpaired) electrons. The van der Waals surface area contributed by atoms with Gasteiger partial charge in [-0.25, -0.2) is 0 Å². The van der Waals surface area contributed by atoms with Crippen LogP contribution in [0.3, 0.4) is 0 Å². The first-order valence-electron chi connectivity index (χ1n) is 7.02. The Morgan fingerprint density at radius 2 is 2.10 bits per heavy atom. The van der Waals surface area contributed by atoms with Crippen LogP contribution in [0.4, 0.5) is 0 Å². The number of hydrogen-bond acceptors (Lipinski definition) is 5. The molecule has 5 nitrogen and oxygen atoms in total. The first kappa shape index (κ1) is 13.1. The predicted molar refractivity (Wildman–Crippen MR) is 78.2 cm³/mol. The number of hydrogen-bond donors (Lipinski definition) is 1. The van der Waals surface area contributed by atoms with Gasteiger partial charge in [-0.2, -0.15) is 0 Å². The third-order valence-corrected chi connectivity index (χ3v) is 4.04. The Labute approximate surface area is 119 Å². The zero-order valence-corrected chi connectivity index (χ0v) is 12.0. The lowest BCUT2D eigenvalue weighted by Crippen LogP contribution is -2.37. The van der Waals surface area contributed by atoms with E-state index in [-0.39, 0.29) is 6.04 Å². The molecule has 0 spiro atoms. The van der Waals surface area contributed by atoms with Crippen LogP contribution in [0.25, 0.3) is 0 Å². The first-order chi connectivity index (χ1) is 9.74. The van der Waals surface area contributed by atoms with Gasteiger partial charge in [-0.1, -0.05) is 12.1 Å². The fraction of sp³-hybridized carbons (Fsp3) is 0.533. The Hall–Kier alpha value is -1.91. The fourth-order valence-corrected chi connectivity index (χ4v) is 2.77. The molecule has 1 fully saturated rings. The summed E-state index contributed by atoms with van der Waals surface area (Å²) in [5, 5.41) is 0. The molecule has 1 unspecified atom stereocenters. The van der Waals surface area contributed by atoms with Crippen molar-refractivity contribution >= 4 is 5.96 Å². The molecule has 1 aromatic carbocycles. The van der Waals surface area contributed by atoms with Gasteiger partial charge in [-0.05, 0) is 24.8 Å². The average molecular weight is 275 g/mol. The number of benzene rings is 1. The highest BCUT2D eigenvalue weighted by molar-refractivity contribution is 5.80. The molecule has 0 saturated heterocycles. The lowest BCUT2D eigenvalue weighted by molar-refractivity contribution is 0.309. The van der Waals surface area contributed by atoms with Gasteiger partial charge in [0.2, 0.25) is 0 Å². The van der Waals surface area contributed by atoms with E-state index in [9.17, 15) is 0 Å². The smallest absolute Gasteiger partial charge is 0.191 e. The molecule has 3 rings (SSSR count). The quantitative estimate of drug-likeness (QED) is 0.890. The molecule has 20 heavy (non-hydrogen) atoms. The van der Waals surface area contributed by atoms with Gasteiger partial charge in [-0.15, -0.1) is 0 Å². The maximum atomic E-state index is 6.05. The number of para-hydroxylation sites is 1. The van der Waals surface area contributed by atoms with E-state index in [0.717, 1.165) is 29.5 Å². The molecule has 0 amide bonds. The highest BCUT2D eigenvalue weighted by Crippen LogP contribution is 2.40. The maximum absolute atomic E-state index is 6.05. The lowest BCUT2D eigenvalue weighted by atomic mass is 10.0. The maximum Gasteiger partial charge on any atom is 0.191 e. The summed E-state index contributed by atoms with van der Waals surface area (Å²) in [7, 11) is 3.33. The number of ether oxygens (including phenoxy) is 2. The Morgan fingerprint density at radius 1 is 1.30 bits per heavy atom. The second kappa shape index (κ2) is 5.23. The monoisotopic (exact) mass is 275 g/mol. The predicted octanol–water partition coefficient (Wildman–Crippen LogP) is 1.79. The highest BCUT2D eigenvalue weighted by Gasteiger charge is 2.34. The van der Waals surface area contributed by atoms with Crippen LogP contribution in [0.5, 0.6) is 11.5 Å². The van der Waals surface area contributed by atoms with Gasteiger partial charge >= 0.3 is 0 Å². The minimum Gasteiger partial charge on any atom is -0.493 e. The SMILES string of the molecule is COc1cccc(C2CN=C(N)N2CC2CC2)c1OC. The van der Waals surface area contributed by atoms with E-state index in [1.54, 1.807) is 14.2 Å². The number of guanidine groups is 1. The van der Waals surface area contributed by atoms with Crippen molar-refractivity contribution < 1.29 is 9.47 Å². The van der Waals surface area contributed by atoms with Crippen LogP contribution < -0.4 is 15.2 Å². The Balaban J connectivity index is 1.91. The van der Waals surface area contributed by atoms with Crippen LogP contribution >= 0.6 is 0 Å². The molecule has 1 atom stereocenters. The molecular weight excluding hydrogens is 254 g/mol. The van der Waals surface area contributed by atoms with Crippen LogP contribution in [0, 0.1) is 5.92 Å². The van der Waals surface area contributed by atoms with Crippen molar-refractivity contribution in [3.63, 3.8) is 0 Å². The normalized spacial score (nSPS) is 21.8. The molecule has 1 heterocycles. The minimum atomic E-state index is 0.153. The van der Waals surface area contributed by atoms with Crippen LogP contribution in [0.1, 0.15) is 24.4 Å². The van der Waals surface area contributed by atoms with Crippen molar-refractivity contribution in [1.29, 1.82) is 0 Å². The van der Waals surface area contributed by atoms with E-state index in [4.69, 9.17) is 15.2 Å². The van der Waals surface area contributed by atoms with E-state index in [1.165, 1.54) is 12.8 Å². The summed E-state index contributed by atoms with van der Waals surface area (Å²) >= 11 is 0. The molecule has 2 N–H and O–H groups in total. The molecule has 0 bridgehead atoms. The summed E-state index contributed by atoms with van der Waals surface area (Å²) in [6.07, 6.45) is 2.59. The molecule has 1 aliphatic heterocycles. The molecule has 1 aliphatic carbocycles. The van der Waals surface area contributed by atoms with Gasteiger partial charge in [0.05, 0.1) is 26.8 Å². The fourth-order valence-electron chi connectivity index (χ4n) is 2.77. The summed E-state index contributed by atoms with van der Waals surface area (Å²) in [6, 6.07) is 6.12. The van der Waals surface area contributed by atoms with Crippen LogP contribution in [0.2, 0.25) is 0 Å². The van der Waals surface area contributed by atoms with Gasteiger partial charge in [0.1, 0.15) is 0 Å². The van der Waals surface area contributed by atoms with E-state index < -0.39 is 0 Å². The number of nitrogens with zero attached hydrogens (tertiary/aromatic N) is 2.